The Morgan fingerprint density at radius 1 is 1.22 bits per heavy atom. The Hall–Kier alpha value is -2.99. The summed E-state index contributed by atoms with van der Waals surface area (Å²) in [5, 5.41) is 12.5. The van der Waals surface area contributed by atoms with Crippen LogP contribution in [0.15, 0.2) is 52.4 Å². The highest BCUT2D eigenvalue weighted by Crippen LogP contribution is 2.23. The smallest absolute Gasteiger partial charge is 0.413 e. The molecule has 2 N–H and O–H groups in total. The molecule has 12 heteroatoms. The van der Waals surface area contributed by atoms with Crippen LogP contribution < -0.4 is 5.32 Å². The molecule has 1 aliphatic heterocycles. The lowest BCUT2D eigenvalue weighted by molar-refractivity contribution is -0.135. The predicted molar refractivity (Wildman–Crippen MR) is 136 cm³/mol. The number of hydrogen-bond acceptors (Lipinski definition) is 7. The molecule has 1 aliphatic rings. The molecule has 0 bridgehead atoms. The van der Waals surface area contributed by atoms with Crippen LogP contribution in [0.2, 0.25) is 5.02 Å². The molecule has 2 amide bonds. The number of nitrogens with zero attached hydrogens (tertiary/aromatic N) is 3. The van der Waals surface area contributed by atoms with Gasteiger partial charge in [-0.1, -0.05) is 41.9 Å². The lowest BCUT2D eigenvalue weighted by Gasteiger charge is -2.18. The van der Waals surface area contributed by atoms with Crippen molar-refractivity contribution in [3.63, 3.8) is 0 Å². The molecule has 1 heterocycles. The van der Waals surface area contributed by atoms with Crippen molar-refractivity contribution in [2.24, 2.45) is 4.99 Å². The minimum Gasteiger partial charge on any atom is -0.465 e. The molecule has 0 saturated heterocycles. The zero-order chi connectivity index (χ0) is 26.3. The number of rotatable bonds is 11. The molecule has 36 heavy (non-hydrogen) atoms. The fourth-order valence-electron chi connectivity index (χ4n) is 3.62. The van der Waals surface area contributed by atoms with Crippen LogP contribution in [0.3, 0.4) is 0 Å². The van der Waals surface area contributed by atoms with E-state index in [1.807, 2.05) is 12.1 Å². The summed E-state index contributed by atoms with van der Waals surface area (Å²) < 4.78 is 30.4. The Kier molecular flexibility index (Phi) is 9.43. The molecule has 2 aromatic carbocycles. The summed E-state index contributed by atoms with van der Waals surface area (Å²) in [5.74, 6) is -0.0626. The second-order valence-corrected chi connectivity index (χ2v) is 10.6. The molecule has 3 rings (SSSR count). The number of amides is 2. The van der Waals surface area contributed by atoms with Crippen molar-refractivity contribution >= 4 is 39.3 Å². The van der Waals surface area contributed by atoms with E-state index >= 15 is 0 Å². The Labute approximate surface area is 215 Å². The number of carbonyl (C=O) groups excluding carboxylic acids is 1. The molecule has 0 spiro atoms. The second kappa shape index (κ2) is 12.3. The first-order chi connectivity index (χ1) is 17.1. The topological polar surface area (TPSA) is 129 Å². The number of nitrogens with one attached hydrogen (secondary N) is 1. The van der Waals surface area contributed by atoms with Crippen LogP contribution in [0.25, 0.3) is 0 Å². The lowest BCUT2D eigenvalue weighted by Crippen LogP contribution is -2.33. The van der Waals surface area contributed by atoms with Crippen LogP contribution >= 0.6 is 11.6 Å². The highest BCUT2D eigenvalue weighted by atomic mass is 35.5. The van der Waals surface area contributed by atoms with Gasteiger partial charge in [0.15, 0.2) is 9.84 Å². The van der Waals surface area contributed by atoms with Crippen molar-refractivity contribution in [1.29, 1.82) is 0 Å². The first-order valence-corrected chi connectivity index (χ1v) is 13.3. The van der Waals surface area contributed by atoms with E-state index in [1.165, 1.54) is 15.9 Å². The molecule has 0 radical (unpaired) electrons. The lowest BCUT2D eigenvalue weighted by atomic mass is 10.1. The molecule has 0 fully saturated rings. The fourth-order valence-corrected chi connectivity index (χ4v) is 5.29. The van der Waals surface area contributed by atoms with Gasteiger partial charge in [0, 0.05) is 30.7 Å². The number of likely N-dealkylation sites (N-methyl/N-ethyl adjacent to an activating group) is 1. The first-order valence-electron chi connectivity index (χ1n) is 11.2. The summed E-state index contributed by atoms with van der Waals surface area (Å²) in [6, 6.07) is 12.0. The van der Waals surface area contributed by atoms with E-state index in [9.17, 15) is 23.1 Å². The maximum absolute atomic E-state index is 12.5. The van der Waals surface area contributed by atoms with Crippen LogP contribution in [-0.4, -0.2) is 86.9 Å². The van der Waals surface area contributed by atoms with Crippen LogP contribution in [0.4, 0.5) is 4.79 Å². The predicted octanol–water partition coefficient (Wildman–Crippen LogP) is 2.38. The van der Waals surface area contributed by atoms with E-state index in [0.717, 1.165) is 5.56 Å². The number of halogens is 1. The number of aliphatic imine (C=N–C) groups is 1. The normalized spacial score (nSPS) is 13.5. The summed E-state index contributed by atoms with van der Waals surface area (Å²) >= 11 is 6.01. The molecule has 0 aromatic heterocycles. The number of amidine groups is 1. The van der Waals surface area contributed by atoms with Gasteiger partial charge < -0.3 is 20.1 Å². The largest absolute Gasteiger partial charge is 0.465 e. The fraction of sp³-hybridized carbons (Fsp3) is 0.375. The van der Waals surface area contributed by atoms with Gasteiger partial charge in [-0.25, -0.2) is 13.2 Å². The van der Waals surface area contributed by atoms with Gasteiger partial charge in [0.25, 0.3) is 0 Å². The average molecular weight is 537 g/mol. The SMILES string of the molecule is Cc1c(Cl)cccc1S(=O)(=O)CNCCOCC(=O)N(C)Cc1ccc(C2=NCCN2C(=O)O)cc1. The zero-order valence-electron chi connectivity index (χ0n) is 20.1. The number of hydrogen-bond donors (Lipinski definition) is 2. The third kappa shape index (κ3) is 7.03. The van der Waals surface area contributed by atoms with E-state index in [1.54, 1.807) is 38.2 Å². The summed E-state index contributed by atoms with van der Waals surface area (Å²) in [5.41, 5.74) is 2.09. The number of ether oxygens (including phenoxy) is 1. The highest BCUT2D eigenvalue weighted by Gasteiger charge is 2.24. The minimum atomic E-state index is -3.55. The summed E-state index contributed by atoms with van der Waals surface area (Å²) in [6.45, 7) is 3.08. The van der Waals surface area contributed by atoms with E-state index in [0.29, 0.717) is 41.6 Å². The zero-order valence-corrected chi connectivity index (χ0v) is 21.7. The molecule has 10 nitrogen and oxygen atoms in total. The third-order valence-corrected chi connectivity index (χ3v) is 7.73. The van der Waals surface area contributed by atoms with E-state index in [2.05, 4.69) is 10.3 Å². The standard InChI is InChI=1S/C24H29ClN4O6S/c1-17-20(25)4-3-5-21(17)36(33,34)16-26-11-13-35-15-22(30)28(2)14-18-6-8-19(9-7-18)23-27-10-12-29(23)24(31)32/h3-9,26H,10-16H2,1-2H3,(H,31,32). The molecule has 0 unspecified atom stereocenters. The molecule has 0 atom stereocenters. The second-order valence-electron chi connectivity index (χ2n) is 8.26. The molecule has 0 aliphatic carbocycles. The first kappa shape index (κ1) is 27.6. The van der Waals surface area contributed by atoms with Gasteiger partial charge >= 0.3 is 6.09 Å². The molecular formula is C24H29ClN4O6S. The molecule has 0 saturated carbocycles. The minimum absolute atomic E-state index is 0.138. The van der Waals surface area contributed by atoms with E-state index in [4.69, 9.17) is 16.3 Å². The number of carbonyl (C=O) groups is 2. The maximum Gasteiger partial charge on any atom is 0.413 e. The Morgan fingerprint density at radius 2 is 1.94 bits per heavy atom. The van der Waals surface area contributed by atoms with Crippen LogP contribution in [0.5, 0.6) is 0 Å². The molecule has 2 aromatic rings. The monoisotopic (exact) mass is 536 g/mol. The van der Waals surface area contributed by atoms with Gasteiger partial charge in [-0.3, -0.25) is 14.7 Å². The van der Waals surface area contributed by atoms with Crippen molar-refractivity contribution in [3.05, 3.63) is 64.2 Å². The summed E-state index contributed by atoms with van der Waals surface area (Å²) in [7, 11) is -1.89. The summed E-state index contributed by atoms with van der Waals surface area (Å²) in [4.78, 5) is 30.8. The van der Waals surface area contributed by atoms with Crippen molar-refractivity contribution < 1.29 is 27.9 Å². The van der Waals surface area contributed by atoms with Gasteiger partial charge in [0.05, 0.1) is 24.6 Å². The van der Waals surface area contributed by atoms with Gasteiger partial charge in [-0.2, -0.15) is 0 Å². The maximum atomic E-state index is 12.5. The number of carboxylic acid groups (broad SMARTS) is 1. The van der Waals surface area contributed by atoms with Crippen LogP contribution in [-0.2, 0) is 25.9 Å². The molecular weight excluding hydrogens is 508 g/mol. The summed E-state index contributed by atoms with van der Waals surface area (Å²) in [6.07, 6.45) is -1.03. The van der Waals surface area contributed by atoms with Crippen LogP contribution in [0, 0.1) is 6.92 Å². The Balaban J connectivity index is 1.38. The van der Waals surface area contributed by atoms with Crippen molar-refractivity contribution in [1.82, 2.24) is 15.1 Å². The van der Waals surface area contributed by atoms with Gasteiger partial charge in [0.2, 0.25) is 5.91 Å². The van der Waals surface area contributed by atoms with Gasteiger partial charge in [0.1, 0.15) is 18.3 Å². The Morgan fingerprint density at radius 3 is 2.64 bits per heavy atom. The van der Waals surface area contributed by atoms with E-state index in [-0.39, 0.29) is 36.4 Å². The third-order valence-electron chi connectivity index (χ3n) is 5.62. The highest BCUT2D eigenvalue weighted by molar-refractivity contribution is 7.91. The quantitative estimate of drug-likeness (QED) is 0.422. The number of benzene rings is 2. The van der Waals surface area contributed by atoms with Crippen LogP contribution in [0.1, 0.15) is 16.7 Å². The van der Waals surface area contributed by atoms with E-state index < -0.39 is 15.9 Å². The van der Waals surface area contributed by atoms with Gasteiger partial charge in [-0.15, -0.1) is 0 Å². The van der Waals surface area contributed by atoms with Crippen molar-refractivity contribution in [3.8, 4) is 0 Å². The number of sulfone groups is 1. The van der Waals surface area contributed by atoms with Crippen molar-refractivity contribution in [2.45, 2.75) is 18.4 Å². The Bertz CT molecular complexity index is 1230. The van der Waals surface area contributed by atoms with Gasteiger partial charge in [-0.05, 0) is 30.2 Å². The molecule has 194 valence electrons. The average Bonchev–Trinajstić information content (AvgIpc) is 3.33. The van der Waals surface area contributed by atoms with Crippen molar-refractivity contribution in [2.75, 3.05) is 45.8 Å².